The van der Waals surface area contributed by atoms with Crippen LogP contribution in [0.15, 0.2) is 79.3 Å². The molecule has 30 heavy (non-hydrogen) atoms. The molecule has 2 atom stereocenters. The van der Waals surface area contributed by atoms with Crippen molar-refractivity contribution in [2.24, 2.45) is 8.80 Å². The highest BCUT2D eigenvalue weighted by atomic mass is 35.5. The van der Waals surface area contributed by atoms with Crippen LogP contribution in [0.5, 0.6) is 0 Å². The highest BCUT2D eigenvalue weighted by Crippen LogP contribution is 2.24. The zero-order valence-corrected chi connectivity index (χ0v) is 19.2. The van der Waals surface area contributed by atoms with Gasteiger partial charge in [0, 0.05) is 0 Å². The van der Waals surface area contributed by atoms with E-state index in [4.69, 9.17) is 23.2 Å². The molecule has 0 saturated carbocycles. The molecular formula is C20H18Cl2N2O4S2. The van der Waals surface area contributed by atoms with Gasteiger partial charge in [-0.15, -0.1) is 23.2 Å². The number of benzene rings is 2. The van der Waals surface area contributed by atoms with Crippen LogP contribution in [0.3, 0.4) is 0 Å². The molecule has 0 amide bonds. The Balaban J connectivity index is 1.94. The number of sulfonamides is 2. The fourth-order valence-corrected chi connectivity index (χ4v) is 5.31. The first-order valence-corrected chi connectivity index (χ1v) is 12.5. The second kappa shape index (κ2) is 8.63. The van der Waals surface area contributed by atoms with E-state index in [2.05, 4.69) is 8.80 Å². The molecule has 0 fully saturated rings. The van der Waals surface area contributed by atoms with Crippen LogP contribution in [-0.2, 0) is 20.0 Å². The quantitative estimate of drug-likeness (QED) is 0.611. The van der Waals surface area contributed by atoms with E-state index in [1.807, 2.05) is 13.8 Å². The predicted octanol–water partition coefficient (Wildman–Crippen LogP) is 4.05. The summed E-state index contributed by atoms with van der Waals surface area (Å²) >= 11 is 12.6. The number of allylic oxidation sites excluding steroid dienone is 2. The van der Waals surface area contributed by atoms with Crippen LogP contribution in [0, 0.1) is 13.8 Å². The number of aryl methyl sites for hydroxylation is 2. The summed E-state index contributed by atoms with van der Waals surface area (Å²) in [6.07, 6.45) is 2.62. The normalized spacial score (nSPS) is 22.5. The van der Waals surface area contributed by atoms with Crippen molar-refractivity contribution in [2.45, 2.75) is 34.4 Å². The molecule has 0 bridgehead atoms. The molecule has 0 aliphatic heterocycles. The molecule has 0 aromatic heterocycles. The molecule has 1 aliphatic rings. The molecular weight excluding hydrogens is 467 g/mol. The van der Waals surface area contributed by atoms with Gasteiger partial charge in [-0.25, -0.2) is 0 Å². The van der Waals surface area contributed by atoms with Crippen LogP contribution in [0.25, 0.3) is 0 Å². The van der Waals surface area contributed by atoms with Gasteiger partial charge >= 0.3 is 0 Å². The lowest BCUT2D eigenvalue weighted by Gasteiger charge is -2.21. The minimum Gasteiger partial charge on any atom is -0.199 e. The molecule has 2 unspecified atom stereocenters. The van der Waals surface area contributed by atoms with E-state index in [9.17, 15) is 16.8 Å². The maximum atomic E-state index is 12.5. The molecule has 6 nitrogen and oxygen atoms in total. The van der Waals surface area contributed by atoms with E-state index < -0.39 is 30.8 Å². The molecule has 2 aromatic rings. The van der Waals surface area contributed by atoms with E-state index in [1.165, 1.54) is 36.4 Å². The first kappa shape index (κ1) is 22.7. The number of hydrogen-bond donors (Lipinski definition) is 0. The summed E-state index contributed by atoms with van der Waals surface area (Å²) in [6, 6.07) is 12.4. The molecule has 0 heterocycles. The molecule has 0 saturated heterocycles. The fourth-order valence-electron chi connectivity index (χ4n) is 2.62. The summed E-state index contributed by atoms with van der Waals surface area (Å²) in [7, 11) is -7.99. The lowest BCUT2D eigenvalue weighted by molar-refractivity contribution is 0.596. The summed E-state index contributed by atoms with van der Waals surface area (Å²) in [5, 5.41) is -2.16. The minimum absolute atomic E-state index is 0.00363. The van der Waals surface area contributed by atoms with Crippen LogP contribution in [-0.4, -0.2) is 39.0 Å². The van der Waals surface area contributed by atoms with Crippen LogP contribution in [0.2, 0.25) is 0 Å². The second-order valence-electron chi connectivity index (χ2n) is 6.75. The maximum absolute atomic E-state index is 12.5. The Morgan fingerprint density at radius 2 is 0.933 bits per heavy atom. The molecule has 10 heteroatoms. The number of nitrogens with zero attached hydrogens (tertiary/aromatic N) is 2. The van der Waals surface area contributed by atoms with Crippen LogP contribution >= 0.6 is 23.2 Å². The topological polar surface area (TPSA) is 93.0 Å². The number of hydrogen-bond acceptors (Lipinski definition) is 4. The van der Waals surface area contributed by atoms with Crippen molar-refractivity contribution in [1.82, 2.24) is 0 Å². The Kier molecular flexibility index (Phi) is 6.52. The summed E-state index contributed by atoms with van der Waals surface area (Å²) in [5.74, 6) is 0. The Morgan fingerprint density at radius 1 is 0.633 bits per heavy atom. The zero-order chi connectivity index (χ0) is 22.1. The molecule has 2 aromatic carbocycles. The lowest BCUT2D eigenvalue weighted by Crippen LogP contribution is -2.35. The van der Waals surface area contributed by atoms with Crippen molar-refractivity contribution < 1.29 is 16.8 Å². The van der Waals surface area contributed by atoms with E-state index in [0.29, 0.717) is 0 Å². The average Bonchev–Trinajstić information content (AvgIpc) is 2.68. The van der Waals surface area contributed by atoms with Gasteiger partial charge in [0.15, 0.2) is 0 Å². The van der Waals surface area contributed by atoms with E-state index in [1.54, 1.807) is 24.3 Å². The third-order valence-corrected chi connectivity index (χ3v) is 8.05. The summed E-state index contributed by atoms with van der Waals surface area (Å²) in [6.45, 7) is 3.68. The van der Waals surface area contributed by atoms with Crippen LogP contribution < -0.4 is 0 Å². The van der Waals surface area contributed by atoms with Crippen LogP contribution in [0.4, 0.5) is 0 Å². The van der Waals surface area contributed by atoms with Crippen LogP contribution in [0.1, 0.15) is 11.1 Å². The SMILES string of the molecule is Cc1ccc(S(=O)(=O)/N=C2C=C/C(=N\S(=O)(=O)c3ccc(C)cc3)C(Cl)C\2Cl)cc1. The van der Waals surface area contributed by atoms with Gasteiger partial charge in [0.25, 0.3) is 20.0 Å². The second-order valence-corrected chi connectivity index (χ2v) is 10.9. The van der Waals surface area contributed by atoms with Crippen molar-refractivity contribution in [2.75, 3.05) is 0 Å². The first-order valence-electron chi connectivity index (χ1n) is 8.79. The molecule has 158 valence electrons. The van der Waals surface area contributed by atoms with Gasteiger partial charge in [-0.3, -0.25) is 0 Å². The Morgan fingerprint density at radius 3 is 1.23 bits per heavy atom. The summed E-state index contributed by atoms with van der Waals surface area (Å²) < 4.78 is 57.7. The van der Waals surface area contributed by atoms with Crippen molar-refractivity contribution in [3.63, 3.8) is 0 Å². The lowest BCUT2D eigenvalue weighted by atomic mass is 10.0. The summed E-state index contributed by atoms with van der Waals surface area (Å²) in [5.41, 5.74) is 1.82. The van der Waals surface area contributed by atoms with E-state index >= 15 is 0 Å². The van der Waals surface area contributed by atoms with Gasteiger partial charge in [0.2, 0.25) is 0 Å². The third-order valence-electron chi connectivity index (χ3n) is 4.34. The van der Waals surface area contributed by atoms with Gasteiger partial charge in [-0.2, -0.15) is 25.6 Å². The molecule has 0 spiro atoms. The zero-order valence-electron chi connectivity index (χ0n) is 16.0. The highest BCUT2D eigenvalue weighted by Gasteiger charge is 2.31. The van der Waals surface area contributed by atoms with Gasteiger partial charge < -0.3 is 0 Å². The first-order chi connectivity index (χ1) is 14.0. The maximum Gasteiger partial charge on any atom is 0.282 e. The van der Waals surface area contributed by atoms with Crippen molar-refractivity contribution in [3.05, 3.63) is 71.8 Å². The average molecular weight is 485 g/mol. The molecule has 3 rings (SSSR count). The standard InChI is InChI=1S/C20H18Cl2N2O4S2/c1-13-3-7-15(8-4-13)29(25,26)23-17-11-12-18(20(22)19(17)21)24-30(27,28)16-9-5-14(2)6-10-16/h3-12,19-20H,1-2H3/b23-17+,24-18+. The predicted molar refractivity (Wildman–Crippen MR) is 120 cm³/mol. The van der Waals surface area contributed by atoms with Crippen molar-refractivity contribution >= 4 is 54.7 Å². The van der Waals surface area contributed by atoms with Crippen molar-refractivity contribution in [1.29, 1.82) is 0 Å². The largest absolute Gasteiger partial charge is 0.282 e. The van der Waals surface area contributed by atoms with Gasteiger partial charge in [-0.1, -0.05) is 35.4 Å². The Bertz CT molecular complexity index is 1150. The third kappa shape index (κ3) is 5.00. The molecule has 0 radical (unpaired) electrons. The van der Waals surface area contributed by atoms with E-state index in [-0.39, 0.29) is 21.2 Å². The fraction of sp³-hybridized carbons (Fsp3) is 0.200. The van der Waals surface area contributed by atoms with Crippen molar-refractivity contribution in [3.8, 4) is 0 Å². The summed E-state index contributed by atoms with van der Waals surface area (Å²) in [4.78, 5) is 0.0378. The van der Waals surface area contributed by atoms with Gasteiger partial charge in [0.1, 0.15) is 0 Å². The Labute approximate surface area is 186 Å². The van der Waals surface area contributed by atoms with Gasteiger partial charge in [-0.05, 0) is 50.3 Å². The smallest absolute Gasteiger partial charge is 0.199 e. The monoisotopic (exact) mass is 484 g/mol. The highest BCUT2D eigenvalue weighted by molar-refractivity contribution is 7.90. The molecule has 0 N–H and O–H groups in total. The number of rotatable bonds is 4. The minimum atomic E-state index is -4.00. The number of halogens is 2. The molecule has 1 aliphatic carbocycles. The van der Waals surface area contributed by atoms with E-state index in [0.717, 1.165) is 11.1 Å². The Hall–Kier alpha value is -2.00. The number of alkyl halides is 2. The van der Waals surface area contributed by atoms with Gasteiger partial charge in [0.05, 0.1) is 32.0 Å².